The van der Waals surface area contributed by atoms with Gasteiger partial charge >= 0.3 is 0 Å². The summed E-state index contributed by atoms with van der Waals surface area (Å²) in [5.74, 6) is -0.564. The van der Waals surface area contributed by atoms with Gasteiger partial charge in [0.2, 0.25) is 0 Å². The summed E-state index contributed by atoms with van der Waals surface area (Å²) in [4.78, 5) is 9.85. The minimum Gasteiger partial charge on any atom is -0.382 e. The van der Waals surface area contributed by atoms with Crippen LogP contribution in [0, 0.1) is 24.5 Å². The number of benzene rings is 2. The average Bonchev–Trinajstić information content (AvgIpc) is 3.04. The standard InChI is InChI=1S/C24H27F2N3O/c1-14-4-5-16(20-11-8-18(25)13-22(20)26)12-21(14)24(28-15(2)23(27)29-24)17-6-9-19(30-3)10-7-17/h4-5,8,11-13,17,19H,6-7,9-10H2,1-3H3,(H2,27,29)/t17?,19?,24-/m1/s1. The minimum atomic E-state index is -0.816. The first-order valence-electron chi connectivity index (χ1n) is 10.4. The van der Waals surface area contributed by atoms with Crippen molar-refractivity contribution in [1.82, 2.24) is 0 Å². The highest BCUT2D eigenvalue weighted by Crippen LogP contribution is 2.47. The molecule has 0 aromatic heterocycles. The van der Waals surface area contributed by atoms with E-state index in [-0.39, 0.29) is 12.0 Å². The van der Waals surface area contributed by atoms with Crippen LogP contribution >= 0.6 is 0 Å². The molecule has 1 fully saturated rings. The van der Waals surface area contributed by atoms with Crippen molar-refractivity contribution in [2.75, 3.05) is 7.11 Å². The number of ether oxygens (including phenoxy) is 1. The molecule has 0 saturated heterocycles. The molecule has 0 spiro atoms. The zero-order valence-corrected chi connectivity index (χ0v) is 17.6. The minimum absolute atomic E-state index is 0.173. The maximum atomic E-state index is 14.5. The second-order valence-corrected chi connectivity index (χ2v) is 8.28. The van der Waals surface area contributed by atoms with E-state index in [2.05, 4.69) is 0 Å². The van der Waals surface area contributed by atoms with E-state index in [1.54, 1.807) is 7.11 Å². The Morgan fingerprint density at radius 3 is 2.33 bits per heavy atom. The van der Waals surface area contributed by atoms with Crippen LogP contribution in [0.4, 0.5) is 8.78 Å². The van der Waals surface area contributed by atoms with E-state index < -0.39 is 17.3 Å². The fourth-order valence-corrected chi connectivity index (χ4v) is 4.74. The van der Waals surface area contributed by atoms with Gasteiger partial charge in [-0.1, -0.05) is 12.1 Å². The Morgan fingerprint density at radius 2 is 1.73 bits per heavy atom. The number of aryl methyl sites for hydroxylation is 1. The molecular formula is C24H27F2N3O. The lowest BCUT2D eigenvalue weighted by molar-refractivity contribution is 0.0426. The Kier molecular flexibility index (Phi) is 5.45. The van der Waals surface area contributed by atoms with E-state index in [4.69, 9.17) is 20.5 Å². The molecule has 0 radical (unpaired) electrons. The number of rotatable bonds is 4. The first kappa shape index (κ1) is 20.7. The van der Waals surface area contributed by atoms with Gasteiger partial charge in [0.1, 0.15) is 17.5 Å². The second-order valence-electron chi connectivity index (χ2n) is 8.28. The summed E-state index contributed by atoms with van der Waals surface area (Å²) in [6, 6.07) is 9.38. The topological polar surface area (TPSA) is 60.0 Å². The summed E-state index contributed by atoms with van der Waals surface area (Å²) in [5, 5.41) is 0. The molecule has 0 bridgehead atoms. The van der Waals surface area contributed by atoms with Gasteiger partial charge in [0, 0.05) is 30.2 Å². The molecule has 30 heavy (non-hydrogen) atoms. The summed E-state index contributed by atoms with van der Waals surface area (Å²) in [6.45, 7) is 3.89. The number of nitrogens with two attached hydrogens (primary N) is 1. The van der Waals surface area contributed by atoms with E-state index in [0.29, 0.717) is 17.0 Å². The number of aliphatic imine (C=N–C) groups is 2. The lowest BCUT2D eigenvalue weighted by Crippen LogP contribution is -2.36. The van der Waals surface area contributed by atoms with Gasteiger partial charge in [-0.05, 0) is 68.9 Å². The zero-order valence-electron chi connectivity index (χ0n) is 17.6. The van der Waals surface area contributed by atoms with Gasteiger partial charge in [0.25, 0.3) is 0 Å². The number of methoxy groups -OCH3 is 1. The van der Waals surface area contributed by atoms with Gasteiger partial charge in [-0.15, -0.1) is 0 Å². The van der Waals surface area contributed by atoms with Crippen LogP contribution in [0.2, 0.25) is 0 Å². The number of halogens is 2. The Bertz CT molecular complexity index is 1010. The number of hydrogen-bond donors (Lipinski definition) is 1. The lowest BCUT2D eigenvalue weighted by atomic mass is 9.74. The Balaban J connectivity index is 1.82. The Morgan fingerprint density at radius 1 is 1.00 bits per heavy atom. The molecule has 2 N–H and O–H groups in total. The molecule has 1 atom stereocenters. The van der Waals surface area contributed by atoms with Crippen LogP contribution in [0.25, 0.3) is 11.1 Å². The predicted molar refractivity (Wildman–Crippen MR) is 116 cm³/mol. The molecule has 1 aliphatic carbocycles. The van der Waals surface area contributed by atoms with Crippen molar-refractivity contribution < 1.29 is 13.5 Å². The molecule has 4 nitrogen and oxygen atoms in total. The quantitative estimate of drug-likeness (QED) is 0.758. The number of nitrogens with zero attached hydrogens (tertiary/aromatic N) is 2. The molecule has 1 aliphatic heterocycles. The maximum Gasteiger partial charge on any atom is 0.181 e. The third kappa shape index (κ3) is 3.54. The summed E-state index contributed by atoms with van der Waals surface area (Å²) in [5.41, 5.74) is 9.06. The summed E-state index contributed by atoms with van der Waals surface area (Å²) in [7, 11) is 1.75. The van der Waals surface area contributed by atoms with Crippen LogP contribution < -0.4 is 5.73 Å². The SMILES string of the molecule is COC1CCC([C@@]2(c3cc(-c4ccc(F)cc4F)ccc3C)N=C(C)C(N)=N2)CC1. The van der Waals surface area contributed by atoms with Crippen LogP contribution in [0.15, 0.2) is 46.4 Å². The van der Waals surface area contributed by atoms with Gasteiger partial charge in [0.05, 0.1) is 11.8 Å². The van der Waals surface area contributed by atoms with E-state index in [9.17, 15) is 8.78 Å². The van der Waals surface area contributed by atoms with Gasteiger partial charge in [-0.2, -0.15) is 0 Å². The molecule has 6 heteroatoms. The van der Waals surface area contributed by atoms with Crippen LogP contribution in [-0.4, -0.2) is 24.8 Å². The molecule has 0 unspecified atom stereocenters. The van der Waals surface area contributed by atoms with Crippen molar-refractivity contribution in [3.63, 3.8) is 0 Å². The normalized spacial score (nSPS) is 26.4. The van der Waals surface area contributed by atoms with Crippen molar-refractivity contribution in [2.24, 2.45) is 21.6 Å². The smallest absolute Gasteiger partial charge is 0.181 e. The van der Waals surface area contributed by atoms with E-state index >= 15 is 0 Å². The van der Waals surface area contributed by atoms with Crippen LogP contribution in [0.3, 0.4) is 0 Å². The van der Waals surface area contributed by atoms with Crippen molar-refractivity contribution >= 4 is 11.5 Å². The molecular weight excluding hydrogens is 384 g/mol. The van der Waals surface area contributed by atoms with E-state index in [0.717, 1.165) is 48.6 Å². The van der Waals surface area contributed by atoms with Crippen LogP contribution in [-0.2, 0) is 10.4 Å². The molecule has 2 aliphatic rings. The zero-order chi connectivity index (χ0) is 21.5. The van der Waals surface area contributed by atoms with Gasteiger partial charge < -0.3 is 10.5 Å². The molecule has 2 aromatic rings. The Labute approximate surface area is 175 Å². The van der Waals surface area contributed by atoms with Gasteiger partial charge in [-0.25, -0.2) is 13.8 Å². The van der Waals surface area contributed by atoms with Crippen molar-refractivity contribution in [3.05, 3.63) is 59.2 Å². The predicted octanol–water partition coefficient (Wildman–Crippen LogP) is 5.13. The van der Waals surface area contributed by atoms with E-state index in [1.807, 2.05) is 32.0 Å². The molecule has 1 heterocycles. The number of amidine groups is 1. The third-order valence-electron chi connectivity index (χ3n) is 6.45. The molecule has 2 aromatic carbocycles. The van der Waals surface area contributed by atoms with E-state index in [1.165, 1.54) is 12.1 Å². The highest BCUT2D eigenvalue weighted by Gasteiger charge is 2.46. The fourth-order valence-electron chi connectivity index (χ4n) is 4.74. The second kappa shape index (κ2) is 7.91. The van der Waals surface area contributed by atoms with Crippen molar-refractivity contribution in [2.45, 2.75) is 51.3 Å². The van der Waals surface area contributed by atoms with Gasteiger partial charge in [0.15, 0.2) is 5.66 Å². The Hall–Kier alpha value is -2.60. The van der Waals surface area contributed by atoms with Crippen molar-refractivity contribution in [3.8, 4) is 11.1 Å². The van der Waals surface area contributed by atoms with Crippen LogP contribution in [0.5, 0.6) is 0 Å². The summed E-state index contributed by atoms with van der Waals surface area (Å²) >= 11 is 0. The van der Waals surface area contributed by atoms with Gasteiger partial charge in [-0.3, -0.25) is 4.99 Å². The highest BCUT2D eigenvalue weighted by atomic mass is 19.1. The molecule has 158 valence electrons. The molecule has 1 saturated carbocycles. The molecule has 4 rings (SSSR count). The van der Waals surface area contributed by atoms with Crippen LogP contribution in [0.1, 0.15) is 43.7 Å². The lowest BCUT2D eigenvalue weighted by Gasteiger charge is -2.38. The third-order valence-corrected chi connectivity index (χ3v) is 6.45. The highest BCUT2D eigenvalue weighted by molar-refractivity contribution is 6.41. The summed E-state index contributed by atoms with van der Waals surface area (Å²) < 4.78 is 33.4. The average molecular weight is 411 g/mol. The molecule has 0 amide bonds. The largest absolute Gasteiger partial charge is 0.382 e. The fraction of sp³-hybridized carbons (Fsp3) is 0.417. The number of hydrogen-bond acceptors (Lipinski definition) is 4. The summed E-state index contributed by atoms with van der Waals surface area (Å²) in [6.07, 6.45) is 3.98. The first-order valence-corrected chi connectivity index (χ1v) is 10.4. The van der Waals surface area contributed by atoms with Crippen molar-refractivity contribution in [1.29, 1.82) is 0 Å². The first-order chi connectivity index (χ1) is 14.3. The monoisotopic (exact) mass is 411 g/mol. The maximum absolute atomic E-state index is 14.5.